The smallest absolute Gasteiger partial charge is 0.466 e. The van der Waals surface area contributed by atoms with Gasteiger partial charge in [0.2, 0.25) is 0 Å². The van der Waals surface area contributed by atoms with Gasteiger partial charge in [0.05, 0.1) is 37.6 Å². The quantitative estimate of drug-likeness (QED) is 0.551. The normalized spacial score (nSPS) is 20.6. The van der Waals surface area contributed by atoms with Gasteiger partial charge in [0.15, 0.2) is 0 Å². The number of methoxy groups -OCH3 is 2. The third-order valence-electron chi connectivity index (χ3n) is 5.56. The molecule has 1 fully saturated rings. The Balaban J connectivity index is 1.91. The number of anilines is 1. The van der Waals surface area contributed by atoms with E-state index in [1.807, 2.05) is 52.0 Å². The monoisotopic (exact) mass is 403 g/mol. The molecular formula is C20H26BNO7. The summed E-state index contributed by atoms with van der Waals surface area (Å²) in [4.78, 5) is 26.1. The molecule has 0 saturated carbocycles. The first kappa shape index (κ1) is 21.4. The van der Waals surface area contributed by atoms with Crippen LogP contribution in [0.3, 0.4) is 0 Å². The Morgan fingerprint density at radius 3 is 2.03 bits per heavy atom. The molecule has 3 rings (SSSR count). The summed E-state index contributed by atoms with van der Waals surface area (Å²) >= 11 is 0. The van der Waals surface area contributed by atoms with E-state index in [1.54, 1.807) is 4.90 Å². The van der Waals surface area contributed by atoms with Crippen LogP contribution in [0, 0.1) is 0 Å². The second kappa shape index (κ2) is 7.81. The van der Waals surface area contributed by atoms with Crippen molar-refractivity contribution in [3.8, 4) is 0 Å². The topological polar surface area (TPSA) is 83.5 Å². The third-order valence-corrected chi connectivity index (χ3v) is 5.56. The molecule has 0 unspecified atom stereocenters. The molecule has 0 bridgehead atoms. The first-order valence-corrected chi connectivity index (χ1v) is 9.32. The molecule has 0 aromatic heterocycles. The highest BCUT2D eigenvalue weighted by atomic mass is 16.7. The van der Waals surface area contributed by atoms with Crippen LogP contribution in [0.2, 0.25) is 0 Å². The molecule has 156 valence electrons. The summed E-state index contributed by atoms with van der Waals surface area (Å²) in [5, 5.41) is 0. The van der Waals surface area contributed by atoms with Crippen molar-refractivity contribution in [3.63, 3.8) is 0 Å². The highest BCUT2D eigenvalue weighted by Crippen LogP contribution is 2.36. The van der Waals surface area contributed by atoms with E-state index in [0.29, 0.717) is 5.69 Å². The minimum atomic E-state index is -0.635. The lowest BCUT2D eigenvalue weighted by Crippen LogP contribution is -2.41. The van der Waals surface area contributed by atoms with Gasteiger partial charge in [-0.15, -0.1) is 0 Å². The number of carbonyl (C=O) groups excluding carboxylic acids is 2. The summed E-state index contributed by atoms with van der Waals surface area (Å²) in [6, 6.07) is 7.34. The Morgan fingerprint density at radius 1 is 0.966 bits per heavy atom. The van der Waals surface area contributed by atoms with Crippen LogP contribution < -0.4 is 10.4 Å². The van der Waals surface area contributed by atoms with Crippen molar-refractivity contribution in [3.05, 3.63) is 35.5 Å². The van der Waals surface area contributed by atoms with Crippen LogP contribution in [0.4, 0.5) is 5.69 Å². The van der Waals surface area contributed by atoms with Gasteiger partial charge in [-0.05, 0) is 45.3 Å². The molecule has 0 radical (unpaired) electrons. The minimum absolute atomic E-state index is 0.0282. The van der Waals surface area contributed by atoms with Gasteiger partial charge < -0.3 is 28.4 Å². The molecule has 0 spiro atoms. The Labute approximate surface area is 170 Å². The highest BCUT2D eigenvalue weighted by molar-refractivity contribution is 6.62. The predicted octanol–water partition coefficient (Wildman–Crippen LogP) is 1.38. The van der Waals surface area contributed by atoms with Crippen LogP contribution >= 0.6 is 0 Å². The first-order valence-electron chi connectivity index (χ1n) is 9.32. The van der Waals surface area contributed by atoms with Crippen LogP contribution in [-0.4, -0.2) is 57.8 Å². The van der Waals surface area contributed by atoms with Crippen LogP contribution in [-0.2, 0) is 33.1 Å². The molecule has 0 atom stereocenters. The fourth-order valence-corrected chi connectivity index (χ4v) is 3.14. The second-order valence-corrected chi connectivity index (χ2v) is 7.90. The average Bonchev–Trinajstić information content (AvgIpc) is 2.93. The molecule has 2 aliphatic rings. The van der Waals surface area contributed by atoms with E-state index in [1.165, 1.54) is 14.2 Å². The number of rotatable bonds is 4. The van der Waals surface area contributed by atoms with E-state index in [0.717, 1.165) is 5.46 Å². The van der Waals surface area contributed by atoms with Crippen molar-refractivity contribution in [1.82, 2.24) is 0 Å². The van der Waals surface area contributed by atoms with E-state index in [4.69, 9.17) is 23.5 Å². The molecule has 1 aromatic carbocycles. The maximum atomic E-state index is 12.4. The van der Waals surface area contributed by atoms with E-state index < -0.39 is 30.3 Å². The van der Waals surface area contributed by atoms with Crippen molar-refractivity contribution < 1.29 is 33.1 Å². The van der Waals surface area contributed by atoms with Crippen molar-refractivity contribution in [2.45, 2.75) is 38.9 Å². The van der Waals surface area contributed by atoms with E-state index >= 15 is 0 Å². The molecule has 2 aliphatic heterocycles. The molecule has 0 amide bonds. The average molecular weight is 403 g/mol. The number of benzene rings is 1. The lowest BCUT2D eigenvalue weighted by Gasteiger charge is -2.32. The summed E-state index contributed by atoms with van der Waals surface area (Å²) in [7, 11) is 2.02. The highest BCUT2D eigenvalue weighted by Gasteiger charge is 2.51. The molecular weight excluding hydrogens is 377 g/mol. The van der Waals surface area contributed by atoms with Gasteiger partial charge in [-0.25, -0.2) is 9.59 Å². The zero-order valence-electron chi connectivity index (χ0n) is 17.6. The number of ether oxygens (including phenoxy) is 3. The Kier molecular flexibility index (Phi) is 5.75. The van der Waals surface area contributed by atoms with Crippen molar-refractivity contribution in [2.24, 2.45) is 0 Å². The Bertz CT molecular complexity index is 816. The van der Waals surface area contributed by atoms with E-state index in [9.17, 15) is 9.59 Å². The van der Waals surface area contributed by atoms with Crippen LogP contribution in [0.1, 0.15) is 27.7 Å². The summed E-state index contributed by atoms with van der Waals surface area (Å²) in [6.45, 7) is 8.05. The summed E-state index contributed by atoms with van der Waals surface area (Å²) in [6.07, 6.45) is 0. The zero-order valence-corrected chi connectivity index (χ0v) is 17.6. The SMILES string of the molecule is COC(=O)C1=C(C(=O)OC)N(c2ccc(B3OC(C)(C)C(C)(C)O3)cc2)COC1. The predicted molar refractivity (Wildman–Crippen MR) is 107 cm³/mol. The maximum absolute atomic E-state index is 12.4. The van der Waals surface area contributed by atoms with Crippen molar-refractivity contribution in [1.29, 1.82) is 0 Å². The lowest BCUT2D eigenvalue weighted by molar-refractivity contribution is -0.140. The lowest BCUT2D eigenvalue weighted by atomic mass is 9.79. The third kappa shape index (κ3) is 3.90. The largest absolute Gasteiger partial charge is 0.494 e. The fourth-order valence-electron chi connectivity index (χ4n) is 3.14. The molecule has 1 saturated heterocycles. The second-order valence-electron chi connectivity index (χ2n) is 7.90. The Morgan fingerprint density at radius 2 is 1.52 bits per heavy atom. The van der Waals surface area contributed by atoms with Crippen molar-refractivity contribution >= 4 is 30.2 Å². The van der Waals surface area contributed by atoms with Gasteiger partial charge in [0, 0.05) is 5.69 Å². The van der Waals surface area contributed by atoms with Crippen LogP contribution in [0.25, 0.3) is 0 Å². The van der Waals surface area contributed by atoms with Gasteiger partial charge in [0.25, 0.3) is 0 Å². The van der Waals surface area contributed by atoms with Crippen LogP contribution in [0.5, 0.6) is 0 Å². The fraction of sp³-hybridized carbons (Fsp3) is 0.500. The molecule has 2 heterocycles. The molecule has 8 nitrogen and oxygen atoms in total. The van der Waals surface area contributed by atoms with Gasteiger partial charge in [-0.3, -0.25) is 0 Å². The van der Waals surface area contributed by atoms with Crippen molar-refractivity contribution in [2.75, 3.05) is 32.5 Å². The van der Waals surface area contributed by atoms with E-state index in [2.05, 4.69) is 0 Å². The molecule has 9 heteroatoms. The first-order chi connectivity index (χ1) is 13.6. The number of hydrogen-bond donors (Lipinski definition) is 0. The molecule has 0 N–H and O–H groups in total. The summed E-state index contributed by atoms with van der Waals surface area (Å²) in [5.74, 6) is -1.27. The standard InChI is InChI=1S/C20H26BNO7/c1-19(2)20(3,4)29-21(28-19)13-7-9-14(10-8-13)22-12-27-11-15(17(23)25-5)16(22)18(24)26-6/h7-10H,11-12H2,1-6H3. The molecule has 29 heavy (non-hydrogen) atoms. The maximum Gasteiger partial charge on any atom is 0.494 e. The minimum Gasteiger partial charge on any atom is -0.466 e. The number of nitrogens with zero attached hydrogens (tertiary/aromatic N) is 1. The van der Waals surface area contributed by atoms with Crippen LogP contribution in [0.15, 0.2) is 35.5 Å². The van der Waals surface area contributed by atoms with Gasteiger partial charge >= 0.3 is 19.1 Å². The summed E-state index contributed by atoms with van der Waals surface area (Å²) in [5.41, 5.74) is 0.851. The molecule has 0 aliphatic carbocycles. The Hall–Kier alpha value is -2.36. The number of esters is 2. The van der Waals surface area contributed by atoms with E-state index in [-0.39, 0.29) is 24.6 Å². The number of carbonyl (C=O) groups is 2. The summed E-state index contributed by atoms with van der Waals surface area (Å²) < 4.78 is 27.3. The van der Waals surface area contributed by atoms with Gasteiger partial charge in [0.1, 0.15) is 12.4 Å². The zero-order chi connectivity index (χ0) is 21.4. The number of hydrogen-bond acceptors (Lipinski definition) is 8. The van der Waals surface area contributed by atoms with Gasteiger partial charge in [-0.1, -0.05) is 12.1 Å². The van der Waals surface area contributed by atoms with Gasteiger partial charge in [-0.2, -0.15) is 0 Å². The molecule has 1 aromatic rings.